The van der Waals surface area contributed by atoms with E-state index in [9.17, 15) is 0 Å². The van der Waals surface area contributed by atoms with Gasteiger partial charge in [-0.15, -0.1) is 5.10 Å². The maximum atomic E-state index is 5.22. The molecular formula is C18H19N3O2S. The number of rotatable bonds is 6. The lowest BCUT2D eigenvalue weighted by Gasteiger charge is -2.08. The molecule has 2 aromatic carbocycles. The summed E-state index contributed by atoms with van der Waals surface area (Å²) in [6.45, 7) is 0.652. The summed E-state index contributed by atoms with van der Waals surface area (Å²) in [6, 6.07) is 15.8. The Bertz CT molecular complexity index is 798. The van der Waals surface area contributed by atoms with E-state index >= 15 is 0 Å². The molecule has 0 aliphatic carbocycles. The van der Waals surface area contributed by atoms with Gasteiger partial charge in [0.05, 0.1) is 20.8 Å². The average Bonchev–Trinajstić information content (AvgIpc) is 3.05. The first-order valence-corrected chi connectivity index (χ1v) is 8.72. The topological polar surface area (TPSA) is 49.2 Å². The summed E-state index contributed by atoms with van der Waals surface area (Å²) in [5.74, 6) is 2.51. The van der Waals surface area contributed by atoms with Gasteiger partial charge in [-0.25, -0.2) is 9.67 Å². The highest BCUT2D eigenvalue weighted by molar-refractivity contribution is 7.98. The van der Waals surface area contributed by atoms with Crippen LogP contribution in [0.3, 0.4) is 0 Å². The summed E-state index contributed by atoms with van der Waals surface area (Å²) in [5, 5.41) is 5.35. The first kappa shape index (κ1) is 16.4. The Hall–Kier alpha value is -2.47. The lowest BCUT2D eigenvalue weighted by atomic mass is 10.2. The lowest BCUT2D eigenvalue weighted by molar-refractivity contribution is 0.414. The van der Waals surface area contributed by atoms with E-state index in [4.69, 9.17) is 9.47 Å². The Labute approximate surface area is 145 Å². The molecule has 0 N–H and O–H groups in total. The molecule has 0 aliphatic rings. The van der Waals surface area contributed by atoms with Gasteiger partial charge < -0.3 is 9.47 Å². The highest BCUT2D eigenvalue weighted by Gasteiger charge is 2.12. The molecule has 0 spiro atoms. The second kappa shape index (κ2) is 7.40. The Kier molecular flexibility index (Phi) is 5.05. The third kappa shape index (κ3) is 3.54. The van der Waals surface area contributed by atoms with E-state index < -0.39 is 0 Å². The molecule has 0 saturated carbocycles. The van der Waals surface area contributed by atoms with Crippen molar-refractivity contribution in [2.45, 2.75) is 11.7 Å². The zero-order chi connectivity index (χ0) is 16.9. The van der Waals surface area contributed by atoms with Crippen LogP contribution in [-0.4, -0.2) is 35.2 Å². The summed E-state index contributed by atoms with van der Waals surface area (Å²) < 4.78 is 12.4. The van der Waals surface area contributed by atoms with Gasteiger partial charge >= 0.3 is 0 Å². The maximum Gasteiger partial charge on any atom is 0.208 e. The van der Waals surface area contributed by atoms with Crippen LogP contribution in [0.4, 0.5) is 0 Å². The van der Waals surface area contributed by atoms with Crippen LogP contribution in [-0.2, 0) is 6.54 Å². The third-order valence-electron chi connectivity index (χ3n) is 3.67. The van der Waals surface area contributed by atoms with Crippen LogP contribution in [0.1, 0.15) is 5.56 Å². The van der Waals surface area contributed by atoms with E-state index in [1.54, 1.807) is 14.2 Å². The monoisotopic (exact) mass is 341 g/mol. The van der Waals surface area contributed by atoms with E-state index in [-0.39, 0.29) is 0 Å². The average molecular weight is 341 g/mol. The predicted octanol–water partition coefficient (Wildman–Crippen LogP) is 3.73. The minimum atomic E-state index is 0.652. The molecule has 24 heavy (non-hydrogen) atoms. The zero-order valence-corrected chi connectivity index (χ0v) is 14.7. The van der Waals surface area contributed by atoms with Crippen molar-refractivity contribution < 1.29 is 9.47 Å². The molecule has 0 unspecified atom stereocenters. The number of benzene rings is 2. The smallest absolute Gasteiger partial charge is 0.208 e. The number of methoxy groups -OCH3 is 2. The minimum absolute atomic E-state index is 0.652. The zero-order valence-electron chi connectivity index (χ0n) is 13.9. The molecule has 124 valence electrons. The molecule has 5 nitrogen and oxygen atoms in total. The molecule has 0 saturated heterocycles. The first-order valence-electron chi connectivity index (χ1n) is 7.49. The Morgan fingerprint density at radius 2 is 1.50 bits per heavy atom. The van der Waals surface area contributed by atoms with Crippen molar-refractivity contribution >= 4 is 11.8 Å². The predicted molar refractivity (Wildman–Crippen MR) is 95.9 cm³/mol. The number of hydrogen-bond acceptors (Lipinski definition) is 5. The van der Waals surface area contributed by atoms with Crippen molar-refractivity contribution in [2.24, 2.45) is 0 Å². The fraction of sp³-hybridized carbons (Fsp3) is 0.222. The van der Waals surface area contributed by atoms with Crippen molar-refractivity contribution in [3.8, 4) is 22.9 Å². The van der Waals surface area contributed by atoms with Gasteiger partial charge in [-0.3, -0.25) is 0 Å². The first-order chi connectivity index (χ1) is 11.7. The molecular weight excluding hydrogens is 322 g/mol. The number of thioether (sulfide) groups is 1. The summed E-state index contributed by atoms with van der Waals surface area (Å²) in [6.07, 6.45) is 1.98. The minimum Gasteiger partial charge on any atom is -0.497 e. The second-order valence-corrected chi connectivity index (χ2v) is 5.93. The Morgan fingerprint density at radius 3 is 2.04 bits per heavy atom. The van der Waals surface area contributed by atoms with Crippen LogP contribution in [0.5, 0.6) is 11.5 Å². The fourth-order valence-corrected chi connectivity index (χ4v) is 2.73. The Morgan fingerprint density at radius 1 is 0.917 bits per heavy atom. The van der Waals surface area contributed by atoms with Crippen molar-refractivity contribution in [1.82, 2.24) is 14.8 Å². The maximum absolute atomic E-state index is 5.22. The molecule has 1 aromatic heterocycles. The quantitative estimate of drug-likeness (QED) is 0.639. The van der Waals surface area contributed by atoms with Crippen LogP contribution < -0.4 is 9.47 Å². The van der Waals surface area contributed by atoms with Gasteiger partial charge in [0.15, 0.2) is 5.82 Å². The van der Waals surface area contributed by atoms with E-state index in [1.807, 2.05) is 59.5 Å². The number of ether oxygens (including phenoxy) is 2. The SMILES string of the molecule is COc1ccc(Cn2nc(SC)nc2-c2ccc(OC)cc2)cc1. The molecule has 1 heterocycles. The number of aromatic nitrogens is 3. The Balaban J connectivity index is 1.92. The van der Waals surface area contributed by atoms with Gasteiger partial charge in [0.2, 0.25) is 5.16 Å². The number of nitrogens with zero attached hydrogens (tertiary/aromatic N) is 3. The van der Waals surface area contributed by atoms with Crippen molar-refractivity contribution in [1.29, 1.82) is 0 Å². The lowest BCUT2D eigenvalue weighted by Crippen LogP contribution is -2.04. The molecule has 3 rings (SSSR count). The van der Waals surface area contributed by atoms with Gasteiger partial charge in [-0.1, -0.05) is 23.9 Å². The van der Waals surface area contributed by atoms with Gasteiger partial charge in [-0.2, -0.15) is 0 Å². The van der Waals surface area contributed by atoms with E-state index in [2.05, 4.69) is 10.1 Å². The fourth-order valence-electron chi connectivity index (χ4n) is 2.38. The standard InChI is InChI=1S/C18H19N3O2S/c1-22-15-8-4-13(5-9-15)12-21-17(19-18(20-21)24-3)14-6-10-16(23-2)11-7-14/h4-11H,12H2,1-3H3. The van der Waals surface area contributed by atoms with Crippen LogP contribution in [0.25, 0.3) is 11.4 Å². The van der Waals surface area contributed by atoms with Crippen molar-refractivity contribution in [3.63, 3.8) is 0 Å². The summed E-state index contributed by atoms with van der Waals surface area (Å²) >= 11 is 1.54. The number of hydrogen-bond donors (Lipinski definition) is 0. The summed E-state index contributed by atoms with van der Waals surface area (Å²) in [4.78, 5) is 4.63. The van der Waals surface area contributed by atoms with Crippen LogP contribution in [0.2, 0.25) is 0 Å². The van der Waals surface area contributed by atoms with E-state index in [1.165, 1.54) is 11.8 Å². The summed E-state index contributed by atoms with van der Waals surface area (Å²) in [5.41, 5.74) is 2.15. The second-order valence-electron chi connectivity index (χ2n) is 5.16. The van der Waals surface area contributed by atoms with Crippen LogP contribution >= 0.6 is 11.8 Å². The summed E-state index contributed by atoms with van der Waals surface area (Å²) in [7, 11) is 3.33. The van der Waals surface area contributed by atoms with Crippen molar-refractivity contribution in [3.05, 3.63) is 54.1 Å². The molecule has 3 aromatic rings. The third-order valence-corrected chi connectivity index (χ3v) is 4.21. The van der Waals surface area contributed by atoms with Crippen LogP contribution in [0.15, 0.2) is 53.7 Å². The van der Waals surface area contributed by atoms with Gasteiger partial charge in [0.1, 0.15) is 11.5 Å². The van der Waals surface area contributed by atoms with Gasteiger partial charge in [0.25, 0.3) is 0 Å². The van der Waals surface area contributed by atoms with E-state index in [0.29, 0.717) is 6.54 Å². The van der Waals surface area contributed by atoms with E-state index in [0.717, 1.165) is 33.6 Å². The normalized spacial score (nSPS) is 10.6. The molecule has 0 fully saturated rings. The molecule has 0 atom stereocenters. The molecule has 6 heteroatoms. The molecule has 0 bridgehead atoms. The highest BCUT2D eigenvalue weighted by Crippen LogP contribution is 2.24. The largest absolute Gasteiger partial charge is 0.497 e. The van der Waals surface area contributed by atoms with Crippen LogP contribution in [0, 0.1) is 0 Å². The molecule has 0 aliphatic heterocycles. The molecule has 0 amide bonds. The van der Waals surface area contributed by atoms with Gasteiger partial charge in [-0.05, 0) is 48.2 Å². The van der Waals surface area contributed by atoms with Crippen molar-refractivity contribution in [2.75, 3.05) is 20.5 Å². The molecule has 0 radical (unpaired) electrons. The highest BCUT2D eigenvalue weighted by atomic mass is 32.2. The van der Waals surface area contributed by atoms with Gasteiger partial charge in [0, 0.05) is 5.56 Å².